The highest BCUT2D eigenvalue weighted by Crippen LogP contribution is 2.17. The molecule has 0 saturated heterocycles. The van der Waals surface area contributed by atoms with Crippen LogP contribution in [0.15, 0.2) is 55.0 Å². The Balaban J connectivity index is 1.83. The number of benzene rings is 1. The van der Waals surface area contributed by atoms with E-state index in [9.17, 15) is 0 Å². The Morgan fingerprint density at radius 1 is 1.06 bits per heavy atom. The van der Waals surface area contributed by atoms with Gasteiger partial charge in [0.2, 0.25) is 0 Å². The molecule has 90 valence electrons. The quantitative estimate of drug-likeness (QED) is 0.679. The van der Waals surface area contributed by atoms with E-state index in [-0.39, 0.29) is 0 Å². The zero-order chi connectivity index (χ0) is 12.4. The Morgan fingerprint density at radius 3 is 2.72 bits per heavy atom. The topological polar surface area (TPSA) is 17.8 Å². The molecule has 2 aromatic heterocycles. The first-order chi connectivity index (χ1) is 8.83. The fraction of sp³-hybridized carbons (Fsp3) is 0.188. The van der Waals surface area contributed by atoms with Gasteiger partial charge in [0.15, 0.2) is 0 Å². The number of hydrogen-bond acceptors (Lipinski definition) is 1. The number of pyridine rings is 1. The van der Waals surface area contributed by atoms with Gasteiger partial charge in [-0.3, -0.25) is 4.98 Å². The highest BCUT2D eigenvalue weighted by Gasteiger charge is 2.01. The molecule has 0 N–H and O–H groups in total. The van der Waals surface area contributed by atoms with Crippen LogP contribution in [0.2, 0.25) is 0 Å². The number of rotatable bonds is 3. The summed E-state index contributed by atoms with van der Waals surface area (Å²) in [5, 5.41) is 1.32. The molecule has 0 bridgehead atoms. The molecule has 1 aromatic carbocycles. The second-order valence-corrected chi connectivity index (χ2v) is 4.68. The summed E-state index contributed by atoms with van der Waals surface area (Å²) >= 11 is 0. The van der Waals surface area contributed by atoms with Crippen LogP contribution in [0, 0.1) is 6.92 Å². The number of aromatic nitrogens is 2. The zero-order valence-corrected chi connectivity index (χ0v) is 10.5. The standard InChI is InChI=1S/C16H16N2/c1-13-2-3-16-15(12-13)7-11-18(16)10-6-14-4-8-17-9-5-14/h2-5,7-9,11-12H,6,10H2,1H3. The van der Waals surface area contributed by atoms with Crippen LogP contribution in [-0.2, 0) is 13.0 Å². The monoisotopic (exact) mass is 236 g/mol. The van der Waals surface area contributed by atoms with Crippen molar-refractivity contribution in [3.8, 4) is 0 Å². The fourth-order valence-electron chi connectivity index (χ4n) is 2.31. The summed E-state index contributed by atoms with van der Waals surface area (Å²) < 4.78 is 2.31. The van der Waals surface area contributed by atoms with Crippen molar-refractivity contribution in [1.29, 1.82) is 0 Å². The van der Waals surface area contributed by atoms with Crippen LogP contribution in [-0.4, -0.2) is 9.55 Å². The summed E-state index contributed by atoms with van der Waals surface area (Å²) in [5.74, 6) is 0. The Morgan fingerprint density at radius 2 is 1.89 bits per heavy atom. The molecule has 0 atom stereocenters. The summed E-state index contributed by atoms with van der Waals surface area (Å²) in [7, 11) is 0. The summed E-state index contributed by atoms with van der Waals surface area (Å²) in [6, 6.07) is 13.0. The molecule has 2 heteroatoms. The van der Waals surface area contributed by atoms with E-state index in [4.69, 9.17) is 0 Å². The lowest BCUT2D eigenvalue weighted by Crippen LogP contribution is -1.99. The largest absolute Gasteiger partial charge is 0.347 e. The van der Waals surface area contributed by atoms with Crippen molar-refractivity contribution in [2.75, 3.05) is 0 Å². The second-order valence-electron chi connectivity index (χ2n) is 4.68. The van der Waals surface area contributed by atoms with Gasteiger partial charge in [-0.2, -0.15) is 0 Å². The second kappa shape index (κ2) is 4.65. The molecule has 0 spiro atoms. The Hall–Kier alpha value is -2.09. The van der Waals surface area contributed by atoms with E-state index in [1.54, 1.807) is 0 Å². The van der Waals surface area contributed by atoms with Crippen LogP contribution in [0.1, 0.15) is 11.1 Å². The molecule has 3 rings (SSSR count). The zero-order valence-electron chi connectivity index (χ0n) is 10.5. The van der Waals surface area contributed by atoms with Gasteiger partial charge in [-0.05, 0) is 54.6 Å². The third kappa shape index (κ3) is 2.14. The molecule has 2 heterocycles. The molecule has 3 aromatic rings. The van der Waals surface area contributed by atoms with E-state index < -0.39 is 0 Å². The van der Waals surface area contributed by atoms with Crippen LogP contribution in [0.4, 0.5) is 0 Å². The highest BCUT2D eigenvalue weighted by molar-refractivity contribution is 5.80. The average Bonchev–Trinajstić information content (AvgIpc) is 2.80. The smallest absolute Gasteiger partial charge is 0.0480 e. The third-order valence-corrected chi connectivity index (χ3v) is 3.32. The minimum absolute atomic E-state index is 1.01. The number of fused-ring (bicyclic) bond motifs is 1. The Kier molecular flexibility index (Phi) is 2.85. The van der Waals surface area contributed by atoms with E-state index in [2.05, 4.69) is 59.1 Å². The van der Waals surface area contributed by atoms with Crippen LogP contribution in [0.5, 0.6) is 0 Å². The average molecular weight is 236 g/mol. The minimum atomic E-state index is 1.01. The van der Waals surface area contributed by atoms with Gasteiger partial charge in [-0.25, -0.2) is 0 Å². The number of nitrogens with zero attached hydrogens (tertiary/aromatic N) is 2. The lowest BCUT2D eigenvalue weighted by molar-refractivity contribution is 0.722. The van der Waals surface area contributed by atoms with Crippen LogP contribution in [0.3, 0.4) is 0 Å². The van der Waals surface area contributed by atoms with Crippen LogP contribution in [0.25, 0.3) is 10.9 Å². The van der Waals surface area contributed by atoms with Gasteiger partial charge in [0, 0.05) is 30.7 Å². The predicted octanol–water partition coefficient (Wildman–Crippen LogP) is 3.59. The first kappa shape index (κ1) is 11.0. The van der Waals surface area contributed by atoms with E-state index in [0.717, 1.165) is 13.0 Å². The van der Waals surface area contributed by atoms with Crippen molar-refractivity contribution >= 4 is 10.9 Å². The number of aryl methyl sites for hydroxylation is 3. The fourth-order valence-corrected chi connectivity index (χ4v) is 2.31. The summed E-state index contributed by atoms with van der Waals surface area (Å²) in [5.41, 5.74) is 3.96. The molecule has 0 fully saturated rings. The Labute approximate surface area is 107 Å². The van der Waals surface area contributed by atoms with E-state index in [1.165, 1.54) is 22.0 Å². The molecule has 0 aliphatic heterocycles. The minimum Gasteiger partial charge on any atom is -0.347 e. The van der Waals surface area contributed by atoms with Crippen LogP contribution < -0.4 is 0 Å². The van der Waals surface area contributed by atoms with Gasteiger partial charge < -0.3 is 4.57 Å². The molecular formula is C16H16N2. The van der Waals surface area contributed by atoms with Gasteiger partial charge in [0.1, 0.15) is 0 Å². The summed E-state index contributed by atoms with van der Waals surface area (Å²) in [6.45, 7) is 3.14. The van der Waals surface area contributed by atoms with Gasteiger partial charge in [-0.1, -0.05) is 11.6 Å². The van der Waals surface area contributed by atoms with E-state index in [0.29, 0.717) is 0 Å². The molecule has 2 nitrogen and oxygen atoms in total. The first-order valence-corrected chi connectivity index (χ1v) is 6.27. The molecule has 18 heavy (non-hydrogen) atoms. The van der Waals surface area contributed by atoms with Gasteiger partial charge in [0.05, 0.1) is 0 Å². The molecule has 0 unspecified atom stereocenters. The lowest BCUT2D eigenvalue weighted by Gasteiger charge is -2.05. The van der Waals surface area contributed by atoms with Crippen LogP contribution >= 0.6 is 0 Å². The van der Waals surface area contributed by atoms with Crippen molar-refractivity contribution in [3.05, 3.63) is 66.1 Å². The summed E-state index contributed by atoms with van der Waals surface area (Å²) in [4.78, 5) is 4.04. The van der Waals surface area contributed by atoms with Crippen molar-refractivity contribution in [1.82, 2.24) is 9.55 Å². The summed E-state index contributed by atoms with van der Waals surface area (Å²) in [6.07, 6.45) is 6.92. The van der Waals surface area contributed by atoms with Crippen molar-refractivity contribution in [2.24, 2.45) is 0 Å². The maximum Gasteiger partial charge on any atom is 0.0480 e. The van der Waals surface area contributed by atoms with Crippen molar-refractivity contribution in [2.45, 2.75) is 19.9 Å². The van der Waals surface area contributed by atoms with Gasteiger partial charge in [0.25, 0.3) is 0 Å². The predicted molar refractivity (Wildman–Crippen MR) is 74.6 cm³/mol. The Bertz CT molecular complexity index is 653. The highest BCUT2D eigenvalue weighted by atomic mass is 14.9. The molecule has 0 aliphatic rings. The van der Waals surface area contributed by atoms with Gasteiger partial charge >= 0.3 is 0 Å². The molecule has 0 aliphatic carbocycles. The lowest BCUT2D eigenvalue weighted by atomic mass is 10.2. The van der Waals surface area contributed by atoms with Gasteiger partial charge in [-0.15, -0.1) is 0 Å². The SMILES string of the molecule is Cc1ccc2c(ccn2CCc2ccncc2)c1. The maximum atomic E-state index is 4.04. The van der Waals surface area contributed by atoms with Crippen molar-refractivity contribution < 1.29 is 0 Å². The molecular weight excluding hydrogens is 220 g/mol. The third-order valence-electron chi connectivity index (χ3n) is 3.32. The number of hydrogen-bond donors (Lipinski definition) is 0. The first-order valence-electron chi connectivity index (χ1n) is 6.27. The van der Waals surface area contributed by atoms with Crippen molar-refractivity contribution in [3.63, 3.8) is 0 Å². The van der Waals surface area contributed by atoms with E-state index >= 15 is 0 Å². The molecule has 0 amide bonds. The normalized spacial score (nSPS) is 10.9. The molecule has 0 radical (unpaired) electrons. The molecule has 0 saturated carbocycles. The maximum absolute atomic E-state index is 4.04. The van der Waals surface area contributed by atoms with E-state index in [1.807, 2.05) is 12.4 Å².